The first-order valence-corrected chi connectivity index (χ1v) is 7.84. The molecule has 132 valence electrons. The molecule has 0 heterocycles. The molecule has 2 aromatic rings. The number of benzene rings is 2. The average Bonchev–Trinajstić information content (AvgIpc) is 2.57. The van der Waals surface area contributed by atoms with E-state index in [9.17, 15) is 19.1 Å². The van der Waals surface area contributed by atoms with Gasteiger partial charge < -0.3 is 15.2 Å². The number of hydrogen-bond acceptors (Lipinski definition) is 3. The van der Waals surface area contributed by atoms with Gasteiger partial charge in [-0.2, -0.15) is 0 Å². The molecule has 0 atom stereocenters. The number of carboxylic acid groups (broad SMARTS) is 1. The molecule has 1 amide bonds. The highest BCUT2D eigenvalue weighted by Crippen LogP contribution is 2.26. The van der Waals surface area contributed by atoms with Gasteiger partial charge in [-0.3, -0.25) is 9.59 Å². The number of anilines is 1. The van der Waals surface area contributed by atoms with Crippen molar-refractivity contribution in [1.82, 2.24) is 0 Å². The standard InChI is InChI=1S/C19H20FNO4/c1-4-25-16-14(6-5-7-15(16)20)17(22)21-13-10-8-12(9-11-13)19(2,3)18(23)24/h5-11H,4H2,1-3H3,(H,21,22)(H,23,24). The molecule has 5 nitrogen and oxygen atoms in total. The summed E-state index contributed by atoms with van der Waals surface area (Å²) in [5, 5.41) is 11.9. The summed E-state index contributed by atoms with van der Waals surface area (Å²) >= 11 is 0. The summed E-state index contributed by atoms with van der Waals surface area (Å²) in [6.45, 7) is 5.14. The Morgan fingerprint density at radius 2 is 1.80 bits per heavy atom. The van der Waals surface area contributed by atoms with Crippen molar-refractivity contribution in [2.75, 3.05) is 11.9 Å². The Morgan fingerprint density at radius 1 is 1.16 bits per heavy atom. The van der Waals surface area contributed by atoms with E-state index in [0.29, 0.717) is 11.3 Å². The predicted molar refractivity (Wildman–Crippen MR) is 92.6 cm³/mol. The molecule has 0 unspecified atom stereocenters. The molecule has 0 aromatic heterocycles. The fourth-order valence-corrected chi connectivity index (χ4v) is 2.27. The molecule has 6 heteroatoms. The molecule has 0 aliphatic heterocycles. The molecule has 2 aromatic carbocycles. The molecule has 0 fully saturated rings. The zero-order valence-electron chi connectivity index (χ0n) is 14.3. The maximum atomic E-state index is 13.8. The molecule has 0 radical (unpaired) electrons. The summed E-state index contributed by atoms with van der Waals surface area (Å²) in [5.41, 5.74) is 0.143. The first kappa shape index (κ1) is 18.4. The summed E-state index contributed by atoms with van der Waals surface area (Å²) in [7, 11) is 0. The second-order valence-electron chi connectivity index (χ2n) is 6.01. The lowest BCUT2D eigenvalue weighted by molar-refractivity contribution is -0.142. The molecular weight excluding hydrogens is 325 g/mol. The van der Waals surface area contributed by atoms with Crippen molar-refractivity contribution in [3.63, 3.8) is 0 Å². The van der Waals surface area contributed by atoms with Crippen LogP contribution in [-0.4, -0.2) is 23.6 Å². The van der Waals surface area contributed by atoms with Crippen molar-refractivity contribution in [1.29, 1.82) is 0 Å². The first-order chi connectivity index (χ1) is 11.8. The minimum absolute atomic E-state index is 0.0915. The molecule has 2 N–H and O–H groups in total. The normalized spacial score (nSPS) is 11.0. The van der Waals surface area contributed by atoms with Crippen molar-refractivity contribution in [3.8, 4) is 5.75 Å². The molecule has 0 aliphatic rings. The highest BCUT2D eigenvalue weighted by molar-refractivity contribution is 6.06. The van der Waals surface area contributed by atoms with Crippen LogP contribution in [0.1, 0.15) is 36.7 Å². The van der Waals surface area contributed by atoms with Gasteiger partial charge in [-0.25, -0.2) is 4.39 Å². The van der Waals surface area contributed by atoms with Crippen LogP contribution in [0, 0.1) is 5.82 Å². The van der Waals surface area contributed by atoms with Gasteiger partial charge in [0.25, 0.3) is 5.91 Å². The van der Waals surface area contributed by atoms with Crippen molar-refractivity contribution < 1.29 is 23.8 Å². The fraction of sp³-hybridized carbons (Fsp3) is 0.263. The Kier molecular flexibility index (Phi) is 5.41. The van der Waals surface area contributed by atoms with Gasteiger partial charge in [-0.15, -0.1) is 0 Å². The van der Waals surface area contributed by atoms with Gasteiger partial charge in [0.2, 0.25) is 0 Å². The van der Waals surface area contributed by atoms with Crippen molar-refractivity contribution in [3.05, 3.63) is 59.4 Å². The van der Waals surface area contributed by atoms with Crippen LogP contribution in [0.25, 0.3) is 0 Å². The van der Waals surface area contributed by atoms with E-state index in [2.05, 4.69) is 5.32 Å². The number of carbonyl (C=O) groups is 2. The van der Waals surface area contributed by atoms with E-state index in [4.69, 9.17) is 4.74 Å². The first-order valence-electron chi connectivity index (χ1n) is 7.84. The number of amides is 1. The summed E-state index contributed by atoms with van der Waals surface area (Å²) in [5.74, 6) is -2.14. The van der Waals surface area contributed by atoms with Gasteiger partial charge in [0, 0.05) is 5.69 Å². The lowest BCUT2D eigenvalue weighted by Gasteiger charge is -2.20. The van der Waals surface area contributed by atoms with Gasteiger partial charge >= 0.3 is 5.97 Å². The van der Waals surface area contributed by atoms with Gasteiger partial charge in [0.15, 0.2) is 11.6 Å². The number of nitrogens with one attached hydrogen (secondary N) is 1. The van der Waals surface area contributed by atoms with Crippen LogP contribution in [0.3, 0.4) is 0 Å². The smallest absolute Gasteiger partial charge is 0.313 e. The third-order valence-electron chi connectivity index (χ3n) is 3.90. The monoisotopic (exact) mass is 345 g/mol. The molecule has 0 aliphatic carbocycles. The molecule has 0 saturated carbocycles. The largest absolute Gasteiger partial charge is 0.490 e. The second-order valence-corrected chi connectivity index (χ2v) is 6.01. The lowest BCUT2D eigenvalue weighted by Crippen LogP contribution is -2.28. The van der Waals surface area contributed by atoms with E-state index in [0.717, 1.165) is 0 Å². The maximum Gasteiger partial charge on any atom is 0.313 e. The fourth-order valence-electron chi connectivity index (χ4n) is 2.27. The Morgan fingerprint density at radius 3 is 2.36 bits per heavy atom. The van der Waals surface area contributed by atoms with Gasteiger partial charge in [-0.1, -0.05) is 18.2 Å². The Hall–Kier alpha value is -2.89. The number of aliphatic carboxylic acids is 1. The molecule has 0 saturated heterocycles. The Labute approximate surface area is 145 Å². The summed E-state index contributed by atoms with van der Waals surface area (Å²) in [4.78, 5) is 23.7. The number of halogens is 1. The third kappa shape index (κ3) is 3.96. The van der Waals surface area contributed by atoms with E-state index in [-0.39, 0.29) is 17.9 Å². The molecule has 25 heavy (non-hydrogen) atoms. The maximum absolute atomic E-state index is 13.8. The summed E-state index contributed by atoms with van der Waals surface area (Å²) in [6, 6.07) is 10.6. The van der Waals surface area contributed by atoms with Crippen LogP contribution in [0.5, 0.6) is 5.75 Å². The van der Waals surface area contributed by atoms with E-state index < -0.39 is 23.1 Å². The highest BCUT2D eigenvalue weighted by atomic mass is 19.1. The molecule has 0 bridgehead atoms. The Bertz CT molecular complexity index is 785. The van der Waals surface area contributed by atoms with Gasteiger partial charge in [0.05, 0.1) is 17.6 Å². The van der Waals surface area contributed by atoms with Crippen LogP contribution >= 0.6 is 0 Å². The van der Waals surface area contributed by atoms with Crippen LogP contribution < -0.4 is 10.1 Å². The molecular formula is C19H20FNO4. The number of hydrogen-bond donors (Lipinski definition) is 2. The van der Waals surface area contributed by atoms with Crippen LogP contribution in [0.15, 0.2) is 42.5 Å². The lowest BCUT2D eigenvalue weighted by atomic mass is 9.85. The quantitative estimate of drug-likeness (QED) is 0.834. The Balaban J connectivity index is 2.22. The zero-order valence-corrected chi connectivity index (χ0v) is 14.3. The predicted octanol–water partition coefficient (Wildman–Crippen LogP) is 3.84. The van der Waals surface area contributed by atoms with Gasteiger partial charge in [-0.05, 0) is 50.6 Å². The van der Waals surface area contributed by atoms with E-state index in [1.165, 1.54) is 18.2 Å². The minimum Gasteiger partial charge on any atom is -0.490 e. The van der Waals surface area contributed by atoms with E-state index >= 15 is 0 Å². The highest BCUT2D eigenvalue weighted by Gasteiger charge is 2.29. The van der Waals surface area contributed by atoms with Gasteiger partial charge in [0.1, 0.15) is 0 Å². The van der Waals surface area contributed by atoms with Crippen LogP contribution in [0.2, 0.25) is 0 Å². The number of carboxylic acids is 1. The number of para-hydroxylation sites is 1. The minimum atomic E-state index is -1.03. The van der Waals surface area contributed by atoms with Crippen molar-refractivity contribution in [2.45, 2.75) is 26.2 Å². The summed E-state index contributed by atoms with van der Waals surface area (Å²) in [6.07, 6.45) is 0. The van der Waals surface area contributed by atoms with E-state index in [1.54, 1.807) is 45.0 Å². The third-order valence-corrected chi connectivity index (χ3v) is 3.90. The second kappa shape index (κ2) is 7.34. The number of rotatable bonds is 6. The van der Waals surface area contributed by atoms with Crippen LogP contribution in [-0.2, 0) is 10.2 Å². The van der Waals surface area contributed by atoms with E-state index in [1.807, 2.05) is 0 Å². The molecule has 0 spiro atoms. The average molecular weight is 345 g/mol. The topological polar surface area (TPSA) is 75.6 Å². The SMILES string of the molecule is CCOc1c(F)cccc1C(=O)Nc1ccc(C(C)(C)C(=O)O)cc1. The number of carbonyl (C=O) groups excluding carboxylic acids is 1. The molecule has 2 rings (SSSR count). The number of ether oxygens (including phenoxy) is 1. The van der Waals surface area contributed by atoms with Crippen LogP contribution in [0.4, 0.5) is 10.1 Å². The van der Waals surface area contributed by atoms with Crippen molar-refractivity contribution >= 4 is 17.6 Å². The summed E-state index contributed by atoms with van der Waals surface area (Å²) < 4.78 is 19.1. The van der Waals surface area contributed by atoms with Crippen molar-refractivity contribution in [2.24, 2.45) is 0 Å². The zero-order chi connectivity index (χ0) is 18.6.